The van der Waals surface area contributed by atoms with Crippen molar-refractivity contribution in [1.29, 1.82) is 0 Å². The smallest absolute Gasteiger partial charge is 0.231 e. The van der Waals surface area contributed by atoms with Gasteiger partial charge in [0, 0.05) is 31.4 Å². The lowest BCUT2D eigenvalue weighted by Gasteiger charge is -2.12. The van der Waals surface area contributed by atoms with Crippen LogP contribution in [0.2, 0.25) is 0 Å². The lowest BCUT2D eigenvalue weighted by atomic mass is 10.0. The molecule has 1 aliphatic heterocycles. The minimum Gasteiger partial charge on any atom is -0.454 e. The number of nitrogens with one attached hydrogen (secondary N) is 2. The second kappa shape index (κ2) is 10.3. The van der Waals surface area contributed by atoms with Gasteiger partial charge >= 0.3 is 0 Å². The Labute approximate surface area is 187 Å². The first-order valence-electron chi connectivity index (χ1n) is 9.62. The van der Waals surface area contributed by atoms with Gasteiger partial charge in [-0.1, -0.05) is 6.07 Å². The molecule has 4 rings (SSSR count). The summed E-state index contributed by atoms with van der Waals surface area (Å²) < 4.78 is 10.8. The fourth-order valence-corrected chi connectivity index (χ4v) is 4.61. The van der Waals surface area contributed by atoms with Gasteiger partial charge in [-0.25, -0.2) is 4.98 Å². The number of hydrogen-bond acceptors (Lipinski definition) is 5. The van der Waals surface area contributed by atoms with Crippen molar-refractivity contribution >= 4 is 41.3 Å². The number of rotatable bonds is 6. The van der Waals surface area contributed by atoms with Gasteiger partial charge in [-0.3, -0.25) is 4.99 Å². The summed E-state index contributed by atoms with van der Waals surface area (Å²) >= 11 is 1.91. The highest BCUT2D eigenvalue weighted by Crippen LogP contribution is 2.32. The number of guanidine groups is 1. The lowest BCUT2D eigenvalue weighted by molar-refractivity contribution is 0.174. The van der Waals surface area contributed by atoms with E-state index in [4.69, 9.17) is 14.5 Å². The van der Waals surface area contributed by atoms with E-state index in [1.165, 1.54) is 41.3 Å². The summed E-state index contributed by atoms with van der Waals surface area (Å²) in [7, 11) is 1.80. The Balaban J connectivity index is 0.00000225. The SMILES string of the molecule is CN=C(NCCCc1nc2c(s1)CCCC2)NCc1ccc2c(c1)OCO2.I. The third kappa shape index (κ3) is 5.28. The van der Waals surface area contributed by atoms with Gasteiger partial charge in [-0.15, -0.1) is 35.3 Å². The number of fused-ring (bicyclic) bond motifs is 2. The van der Waals surface area contributed by atoms with Crippen LogP contribution in [-0.4, -0.2) is 31.3 Å². The van der Waals surface area contributed by atoms with Crippen LogP contribution in [-0.2, 0) is 25.8 Å². The topological polar surface area (TPSA) is 67.8 Å². The average Bonchev–Trinajstić information content (AvgIpc) is 3.33. The highest BCUT2D eigenvalue weighted by Gasteiger charge is 2.15. The molecule has 0 amide bonds. The first-order valence-corrected chi connectivity index (χ1v) is 10.4. The maximum Gasteiger partial charge on any atom is 0.231 e. The van der Waals surface area contributed by atoms with Crippen LogP contribution in [0.4, 0.5) is 0 Å². The number of aryl methyl sites for hydroxylation is 3. The molecule has 0 fully saturated rings. The van der Waals surface area contributed by atoms with Crippen molar-refractivity contribution in [3.05, 3.63) is 39.3 Å². The molecular formula is C20H27IN4O2S. The van der Waals surface area contributed by atoms with Crippen LogP contribution in [0, 0.1) is 0 Å². The van der Waals surface area contributed by atoms with Gasteiger partial charge in [0.15, 0.2) is 17.5 Å². The summed E-state index contributed by atoms with van der Waals surface area (Å²) in [6.45, 7) is 1.87. The predicted octanol–water partition coefficient (Wildman–Crippen LogP) is 3.67. The molecule has 0 spiro atoms. The Kier molecular flexibility index (Phi) is 7.78. The molecule has 0 bridgehead atoms. The maximum absolute atomic E-state index is 5.42. The molecule has 0 radical (unpaired) electrons. The van der Waals surface area contributed by atoms with Gasteiger partial charge in [0.1, 0.15) is 0 Å². The van der Waals surface area contributed by atoms with E-state index >= 15 is 0 Å². The molecule has 2 aliphatic rings. The molecule has 2 aromatic rings. The molecule has 1 aromatic carbocycles. The van der Waals surface area contributed by atoms with Gasteiger partial charge in [0.2, 0.25) is 6.79 Å². The summed E-state index contributed by atoms with van der Waals surface area (Å²) in [5, 5.41) is 8.01. The van der Waals surface area contributed by atoms with Crippen LogP contribution < -0.4 is 20.1 Å². The summed E-state index contributed by atoms with van der Waals surface area (Å²) in [6.07, 6.45) is 7.09. The van der Waals surface area contributed by atoms with E-state index in [9.17, 15) is 0 Å². The number of thiazole rings is 1. The standard InChI is InChI=1S/C20H26N4O2S.HI/c1-21-20(23-12-14-8-9-16-17(11-14)26-13-25-16)22-10-4-7-19-24-15-5-2-3-6-18(15)27-19;/h8-9,11H,2-7,10,12-13H2,1H3,(H2,21,22,23);1H. The van der Waals surface area contributed by atoms with Crippen LogP contribution in [0.5, 0.6) is 11.5 Å². The first kappa shape index (κ1) is 21.2. The van der Waals surface area contributed by atoms with Crippen LogP contribution in [0.15, 0.2) is 23.2 Å². The van der Waals surface area contributed by atoms with Gasteiger partial charge in [-0.2, -0.15) is 0 Å². The third-order valence-electron chi connectivity index (χ3n) is 4.87. The van der Waals surface area contributed by atoms with E-state index in [-0.39, 0.29) is 24.0 Å². The Morgan fingerprint density at radius 3 is 2.89 bits per heavy atom. The van der Waals surface area contributed by atoms with Crippen molar-refractivity contribution in [2.45, 2.75) is 45.1 Å². The summed E-state index contributed by atoms with van der Waals surface area (Å²) in [4.78, 5) is 10.6. The monoisotopic (exact) mass is 514 g/mol. The second-order valence-electron chi connectivity index (χ2n) is 6.83. The molecule has 0 saturated heterocycles. The van der Waals surface area contributed by atoms with Crippen LogP contribution in [0.25, 0.3) is 0 Å². The molecule has 0 atom stereocenters. The molecule has 8 heteroatoms. The highest BCUT2D eigenvalue weighted by molar-refractivity contribution is 14.0. The minimum atomic E-state index is 0. The Morgan fingerprint density at radius 2 is 2.04 bits per heavy atom. The largest absolute Gasteiger partial charge is 0.454 e. The molecule has 6 nitrogen and oxygen atoms in total. The van der Waals surface area contributed by atoms with Crippen LogP contribution in [0.3, 0.4) is 0 Å². The molecule has 1 aliphatic carbocycles. The zero-order valence-corrected chi connectivity index (χ0v) is 19.3. The molecule has 0 saturated carbocycles. The zero-order chi connectivity index (χ0) is 18.5. The quantitative estimate of drug-likeness (QED) is 0.267. The van der Waals surface area contributed by atoms with Gasteiger partial charge in [0.05, 0.1) is 10.7 Å². The van der Waals surface area contributed by atoms with Crippen molar-refractivity contribution in [2.75, 3.05) is 20.4 Å². The van der Waals surface area contributed by atoms with Crippen molar-refractivity contribution in [3.8, 4) is 11.5 Å². The zero-order valence-electron chi connectivity index (χ0n) is 16.1. The minimum absolute atomic E-state index is 0. The summed E-state index contributed by atoms with van der Waals surface area (Å²) in [5.74, 6) is 2.43. The van der Waals surface area contributed by atoms with Crippen LogP contribution >= 0.6 is 35.3 Å². The number of benzene rings is 1. The van der Waals surface area contributed by atoms with E-state index in [2.05, 4.69) is 15.6 Å². The van der Waals surface area contributed by atoms with Crippen molar-refractivity contribution < 1.29 is 9.47 Å². The van der Waals surface area contributed by atoms with E-state index in [0.717, 1.165) is 42.4 Å². The lowest BCUT2D eigenvalue weighted by Crippen LogP contribution is -2.37. The molecule has 152 valence electrons. The van der Waals surface area contributed by atoms with Gasteiger partial charge < -0.3 is 20.1 Å². The summed E-state index contributed by atoms with van der Waals surface area (Å²) in [6, 6.07) is 5.99. The highest BCUT2D eigenvalue weighted by atomic mass is 127. The molecule has 0 unspecified atom stereocenters. The van der Waals surface area contributed by atoms with E-state index in [1.807, 2.05) is 29.5 Å². The number of halogens is 1. The molecular weight excluding hydrogens is 487 g/mol. The summed E-state index contributed by atoms with van der Waals surface area (Å²) in [5.41, 5.74) is 2.49. The number of aliphatic imine (C=N–C) groups is 1. The Bertz CT molecular complexity index is 801. The van der Waals surface area contributed by atoms with Gasteiger partial charge in [-0.05, 0) is 49.8 Å². The second-order valence-corrected chi connectivity index (χ2v) is 8.00. The molecule has 2 N–H and O–H groups in total. The molecule has 28 heavy (non-hydrogen) atoms. The average molecular weight is 514 g/mol. The van der Waals surface area contributed by atoms with Crippen LogP contribution in [0.1, 0.15) is 40.4 Å². The predicted molar refractivity (Wildman–Crippen MR) is 123 cm³/mol. The maximum atomic E-state index is 5.42. The number of aromatic nitrogens is 1. The Morgan fingerprint density at radius 1 is 1.18 bits per heavy atom. The first-order chi connectivity index (χ1) is 13.3. The number of nitrogens with zero attached hydrogens (tertiary/aromatic N) is 2. The fourth-order valence-electron chi connectivity index (χ4n) is 3.42. The Hall–Kier alpha value is -1.55. The van der Waals surface area contributed by atoms with Crippen molar-refractivity contribution in [2.24, 2.45) is 4.99 Å². The van der Waals surface area contributed by atoms with E-state index in [0.29, 0.717) is 13.3 Å². The van der Waals surface area contributed by atoms with Gasteiger partial charge in [0.25, 0.3) is 0 Å². The molecule has 1 aromatic heterocycles. The van der Waals surface area contributed by atoms with E-state index in [1.54, 1.807) is 7.05 Å². The number of ether oxygens (including phenoxy) is 2. The fraction of sp³-hybridized carbons (Fsp3) is 0.500. The normalized spacial score (nSPS) is 15.0. The van der Waals surface area contributed by atoms with Crippen molar-refractivity contribution in [1.82, 2.24) is 15.6 Å². The molecule has 2 heterocycles. The van der Waals surface area contributed by atoms with E-state index < -0.39 is 0 Å². The van der Waals surface area contributed by atoms with Crippen molar-refractivity contribution in [3.63, 3.8) is 0 Å². The number of hydrogen-bond donors (Lipinski definition) is 2. The third-order valence-corrected chi connectivity index (χ3v) is 6.09.